The van der Waals surface area contributed by atoms with Gasteiger partial charge in [-0.1, -0.05) is 29.8 Å². The van der Waals surface area contributed by atoms with E-state index in [1.54, 1.807) is 0 Å². The van der Waals surface area contributed by atoms with Crippen molar-refractivity contribution in [3.63, 3.8) is 0 Å². The van der Waals surface area contributed by atoms with Crippen molar-refractivity contribution in [1.82, 2.24) is 0 Å². The van der Waals surface area contributed by atoms with E-state index in [1.165, 1.54) is 0 Å². The fourth-order valence-corrected chi connectivity index (χ4v) is 1.77. The highest BCUT2D eigenvalue weighted by molar-refractivity contribution is 6.31. The molecule has 2 atom stereocenters. The standard InChI is InChI=1S/C10H9ClO/c11-10-4-2-1-3-8(10)9-5-7(9)6-12/h1-4,6-7,9H,5H2/t7-,9+/m1/s1. The van der Waals surface area contributed by atoms with E-state index < -0.39 is 0 Å². The Morgan fingerprint density at radius 2 is 2.17 bits per heavy atom. The molecule has 1 fully saturated rings. The van der Waals surface area contributed by atoms with Crippen LogP contribution in [0.3, 0.4) is 0 Å². The zero-order valence-corrected chi connectivity index (χ0v) is 7.29. The highest BCUT2D eigenvalue weighted by Gasteiger charge is 2.38. The Balaban J connectivity index is 2.25. The van der Waals surface area contributed by atoms with Crippen molar-refractivity contribution in [3.05, 3.63) is 34.9 Å². The zero-order valence-electron chi connectivity index (χ0n) is 6.53. The van der Waals surface area contributed by atoms with Gasteiger partial charge in [0.2, 0.25) is 0 Å². The lowest BCUT2D eigenvalue weighted by atomic mass is 10.1. The molecule has 0 aliphatic heterocycles. The lowest BCUT2D eigenvalue weighted by molar-refractivity contribution is -0.108. The fraction of sp³-hybridized carbons (Fsp3) is 0.300. The van der Waals surface area contributed by atoms with Gasteiger partial charge in [-0.3, -0.25) is 0 Å². The van der Waals surface area contributed by atoms with E-state index in [0.717, 1.165) is 23.3 Å². The number of rotatable bonds is 2. The Hall–Kier alpha value is -0.820. The summed E-state index contributed by atoms with van der Waals surface area (Å²) >= 11 is 5.97. The van der Waals surface area contributed by atoms with Gasteiger partial charge in [0.1, 0.15) is 6.29 Å². The molecule has 1 saturated carbocycles. The van der Waals surface area contributed by atoms with E-state index in [9.17, 15) is 4.79 Å². The van der Waals surface area contributed by atoms with Crippen LogP contribution >= 0.6 is 11.6 Å². The Labute approximate surface area is 76.4 Å². The molecule has 1 aromatic rings. The van der Waals surface area contributed by atoms with Gasteiger partial charge < -0.3 is 4.79 Å². The molecule has 2 rings (SSSR count). The minimum atomic E-state index is 0.213. The smallest absolute Gasteiger partial charge is 0.123 e. The summed E-state index contributed by atoms with van der Waals surface area (Å²) in [5.74, 6) is 0.598. The van der Waals surface area contributed by atoms with Gasteiger partial charge in [-0.2, -0.15) is 0 Å². The molecule has 1 aliphatic carbocycles. The molecule has 1 aliphatic rings. The molecule has 62 valence electrons. The Bertz CT molecular complexity index is 308. The summed E-state index contributed by atoms with van der Waals surface area (Å²) < 4.78 is 0. The quantitative estimate of drug-likeness (QED) is 0.640. The maximum atomic E-state index is 10.4. The first-order chi connectivity index (χ1) is 5.83. The number of halogens is 1. The van der Waals surface area contributed by atoms with Gasteiger partial charge in [-0.25, -0.2) is 0 Å². The van der Waals surface area contributed by atoms with Crippen LogP contribution in [0.5, 0.6) is 0 Å². The maximum absolute atomic E-state index is 10.4. The molecular weight excluding hydrogens is 172 g/mol. The highest BCUT2D eigenvalue weighted by atomic mass is 35.5. The van der Waals surface area contributed by atoms with Gasteiger partial charge in [-0.15, -0.1) is 0 Å². The molecule has 0 aromatic heterocycles. The van der Waals surface area contributed by atoms with Crippen LogP contribution < -0.4 is 0 Å². The van der Waals surface area contributed by atoms with E-state index in [0.29, 0.717) is 5.92 Å². The molecule has 0 spiro atoms. The lowest BCUT2D eigenvalue weighted by Gasteiger charge is -1.99. The molecule has 0 N–H and O–H groups in total. The number of hydrogen-bond acceptors (Lipinski definition) is 1. The first kappa shape index (κ1) is 7.81. The molecule has 0 unspecified atom stereocenters. The van der Waals surface area contributed by atoms with Crippen LogP contribution in [0.2, 0.25) is 5.02 Å². The number of carbonyl (C=O) groups excluding carboxylic acids is 1. The summed E-state index contributed by atoms with van der Waals surface area (Å²) in [4.78, 5) is 10.4. The fourth-order valence-electron chi connectivity index (χ4n) is 1.50. The van der Waals surface area contributed by atoms with Crippen molar-refractivity contribution in [1.29, 1.82) is 0 Å². The summed E-state index contributed by atoms with van der Waals surface area (Å²) in [6.07, 6.45) is 1.99. The Morgan fingerprint density at radius 1 is 1.42 bits per heavy atom. The zero-order chi connectivity index (χ0) is 8.55. The molecule has 0 saturated heterocycles. The molecule has 12 heavy (non-hydrogen) atoms. The summed E-state index contributed by atoms with van der Waals surface area (Å²) in [7, 11) is 0. The molecule has 1 nitrogen and oxygen atoms in total. The molecule has 0 radical (unpaired) electrons. The minimum Gasteiger partial charge on any atom is -0.303 e. The van der Waals surface area contributed by atoms with Crippen molar-refractivity contribution in [2.45, 2.75) is 12.3 Å². The summed E-state index contributed by atoms with van der Waals surface area (Å²) in [5, 5.41) is 0.784. The first-order valence-electron chi connectivity index (χ1n) is 4.02. The molecular formula is C10H9ClO. The lowest BCUT2D eigenvalue weighted by Crippen LogP contribution is -1.84. The molecule has 2 heteroatoms. The van der Waals surface area contributed by atoms with Gasteiger partial charge in [0.05, 0.1) is 0 Å². The third kappa shape index (κ3) is 1.25. The van der Waals surface area contributed by atoms with E-state index in [2.05, 4.69) is 0 Å². The average molecular weight is 181 g/mol. The normalized spacial score (nSPS) is 26.8. The van der Waals surface area contributed by atoms with Gasteiger partial charge >= 0.3 is 0 Å². The van der Waals surface area contributed by atoms with Crippen molar-refractivity contribution >= 4 is 17.9 Å². The minimum absolute atomic E-state index is 0.213. The molecule has 0 amide bonds. The van der Waals surface area contributed by atoms with E-state index in [4.69, 9.17) is 11.6 Å². The van der Waals surface area contributed by atoms with Gasteiger partial charge in [0.15, 0.2) is 0 Å². The second-order valence-electron chi connectivity index (χ2n) is 3.16. The second-order valence-corrected chi connectivity index (χ2v) is 3.57. The Kier molecular flexibility index (Phi) is 1.89. The summed E-state index contributed by atoms with van der Waals surface area (Å²) in [6, 6.07) is 7.74. The van der Waals surface area contributed by atoms with Crippen molar-refractivity contribution in [2.75, 3.05) is 0 Å². The maximum Gasteiger partial charge on any atom is 0.123 e. The average Bonchev–Trinajstić information content (AvgIpc) is 2.84. The van der Waals surface area contributed by atoms with Gasteiger partial charge in [-0.05, 0) is 24.0 Å². The van der Waals surface area contributed by atoms with Crippen LogP contribution in [0.25, 0.3) is 0 Å². The highest BCUT2D eigenvalue weighted by Crippen LogP contribution is 2.47. The van der Waals surface area contributed by atoms with Crippen LogP contribution in [0, 0.1) is 5.92 Å². The van der Waals surface area contributed by atoms with Crippen LogP contribution in [0.1, 0.15) is 17.9 Å². The number of carbonyl (C=O) groups is 1. The first-order valence-corrected chi connectivity index (χ1v) is 4.40. The predicted molar refractivity (Wildman–Crippen MR) is 48.4 cm³/mol. The summed E-state index contributed by atoms with van der Waals surface area (Å²) in [6.45, 7) is 0. The number of aldehydes is 1. The summed E-state index contributed by atoms with van der Waals surface area (Å²) in [5.41, 5.74) is 1.12. The predicted octanol–water partition coefficient (Wildman–Crippen LogP) is 2.64. The van der Waals surface area contributed by atoms with Crippen LogP contribution in [0.15, 0.2) is 24.3 Å². The van der Waals surface area contributed by atoms with Crippen LogP contribution in [0.4, 0.5) is 0 Å². The van der Waals surface area contributed by atoms with Crippen molar-refractivity contribution in [3.8, 4) is 0 Å². The SMILES string of the molecule is O=C[C@H]1C[C@@H]1c1ccccc1Cl. The Morgan fingerprint density at radius 3 is 2.75 bits per heavy atom. The van der Waals surface area contributed by atoms with Gasteiger partial charge in [0, 0.05) is 10.9 Å². The van der Waals surface area contributed by atoms with Crippen LogP contribution in [-0.2, 0) is 4.79 Å². The molecule has 1 aromatic carbocycles. The van der Waals surface area contributed by atoms with E-state index >= 15 is 0 Å². The van der Waals surface area contributed by atoms with E-state index in [1.807, 2.05) is 24.3 Å². The third-order valence-corrected chi connectivity index (χ3v) is 2.66. The van der Waals surface area contributed by atoms with E-state index in [-0.39, 0.29) is 5.92 Å². The van der Waals surface area contributed by atoms with Crippen molar-refractivity contribution < 1.29 is 4.79 Å². The molecule has 0 bridgehead atoms. The topological polar surface area (TPSA) is 17.1 Å². The largest absolute Gasteiger partial charge is 0.303 e. The number of hydrogen-bond donors (Lipinski definition) is 0. The second kappa shape index (κ2) is 2.91. The van der Waals surface area contributed by atoms with Crippen LogP contribution in [-0.4, -0.2) is 6.29 Å². The monoisotopic (exact) mass is 180 g/mol. The molecule has 0 heterocycles. The van der Waals surface area contributed by atoms with Crippen molar-refractivity contribution in [2.24, 2.45) is 5.92 Å². The number of benzene rings is 1. The third-order valence-electron chi connectivity index (χ3n) is 2.32. The van der Waals surface area contributed by atoms with Gasteiger partial charge in [0.25, 0.3) is 0 Å².